The summed E-state index contributed by atoms with van der Waals surface area (Å²) < 4.78 is 0. The number of anilines is 2. The van der Waals surface area contributed by atoms with Gasteiger partial charge in [-0.3, -0.25) is 4.99 Å². The van der Waals surface area contributed by atoms with Crippen molar-refractivity contribution in [2.75, 3.05) is 11.4 Å². The molecule has 1 unspecified atom stereocenters. The van der Waals surface area contributed by atoms with Crippen LogP contribution in [0.4, 0.5) is 11.4 Å². The molecule has 3 aromatic carbocycles. The lowest BCUT2D eigenvalue weighted by Crippen LogP contribution is -2.23. The van der Waals surface area contributed by atoms with Crippen molar-refractivity contribution in [1.29, 1.82) is 0 Å². The third-order valence-corrected chi connectivity index (χ3v) is 11.8. The number of aliphatic imine (C=N–C) groups is 1. The fourth-order valence-corrected chi connectivity index (χ4v) is 8.60. The Hall–Kier alpha value is -5.99. The molecule has 0 fully saturated rings. The summed E-state index contributed by atoms with van der Waals surface area (Å²) in [6.45, 7) is 20.4. The Morgan fingerprint density at radius 3 is 2.47 bits per heavy atom. The summed E-state index contributed by atoms with van der Waals surface area (Å²) in [5, 5.41) is 0. The van der Waals surface area contributed by atoms with E-state index >= 15 is 0 Å². The highest BCUT2D eigenvalue weighted by Crippen LogP contribution is 2.52. The van der Waals surface area contributed by atoms with Gasteiger partial charge in [0, 0.05) is 28.4 Å². The monoisotopic (exact) mass is 772 g/mol. The van der Waals surface area contributed by atoms with Crippen LogP contribution in [0, 0.1) is 5.41 Å². The first-order valence-electron chi connectivity index (χ1n) is 21.4. The fraction of sp³-hybridized carbons (Fsp3) is 0.246. The molecule has 7 rings (SSSR count). The molecule has 2 nitrogen and oxygen atoms in total. The van der Waals surface area contributed by atoms with Gasteiger partial charge < -0.3 is 4.90 Å². The molecule has 0 aromatic heterocycles. The predicted octanol–water partition coefficient (Wildman–Crippen LogP) is 15.5. The zero-order chi connectivity index (χ0) is 41.5. The lowest BCUT2D eigenvalue weighted by molar-refractivity contribution is 0.516. The lowest BCUT2D eigenvalue weighted by Gasteiger charge is -2.36. The lowest BCUT2D eigenvalue weighted by atomic mass is 9.80. The summed E-state index contributed by atoms with van der Waals surface area (Å²) in [4.78, 5) is 7.96. The summed E-state index contributed by atoms with van der Waals surface area (Å²) in [5.74, 6) is 0.281. The van der Waals surface area contributed by atoms with Gasteiger partial charge in [-0.25, -0.2) is 0 Å². The van der Waals surface area contributed by atoms with Gasteiger partial charge >= 0.3 is 0 Å². The van der Waals surface area contributed by atoms with E-state index in [-0.39, 0.29) is 11.3 Å². The van der Waals surface area contributed by atoms with Gasteiger partial charge in [-0.05, 0) is 134 Å². The Balaban J connectivity index is 1.49. The third-order valence-electron chi connectivity index (χ3n) is 11.8. The highest BCUT2D eigenvalue weighted by molar-refractivity contribution is 6.37. The molecule has 0 amide bonds. The Morgan fingerprint density at radius 1 is 0.898 bits per heavy atom. The minimum atomic E-state index is -0.00140. The minimum Gasteiger partial charge on any atom is -0.310 e. The van der Waals surface area contributed by atoms with Gasteiger partial charge in [0.05, 0.1) is 17.9 Å². The maximum Gasteiger partial charge on any atom is 0.0663 e. The molecule has 298 valence electrons. The van der Waals surface area contributed by atoms with E-state index in [0.717, 1.165) is 31.4 Å². The van der Waals surface area contributed by atoms with Gasteiger partial charge in [-0.2, -0.15) is 0 Å². The largest absolute Gasteiger partial charge is 0.310 e. The van der Waals surface area contributed by atoms with E-state index in [1.165, 1.54) is 83.9 Å². The molecule has 2 aliphatic carbocycles. The number of nitrogens with zero attached hydrogens (tertiary/aromatic N) is 2. The van der Waals surface area contributed by atoms with Crippen LogP contribution in [0.1, 0.15) is 101 Å². The Bertz CT molecular complexity index is 2500. The SMILES string of the molecule is C=C1CCC(c2cc(C/C(C)=C/C=C\C)cc(N3C4=C(CC=C4)\C(=C4C(/C=C\C=C/C)=N/C/C=C(C(C)(C)C)\C=C/c5ccccc5/4)c4ccccc43)c2)/C=C\C=C\1C. The van der Waals surface area contributed by atoms with Crippen LogP contribution in [0.3, 0.4) is 0 Å². The number of benzene rings is 3. The third kappa shape index (κ3) is 9.18. The first kappa shape index (κ1) is 41.2. The van der Waals surface area contributed by atoms with Gasteiger partial charge in [-0.1, -0.05) is 166 Å². The molecule has 3 aromatic rings. The van der Waals surface area contributed by atoms with E-state index in [4.69, 9.17) is 4.99 Å². The van der Waals surface area contributed by atoms with Crippen LogP contribution in [-0.4, -0.2) is 12.3 Å². The van der Waals surface area contributed by atoms with Gasteiger partial charge in [-0.15, -0.1) is 0 Å². The summed E-state index contributed by atoms with van der Waals surface area (Å²) in [6.07, 6.45) is 37.2. The highest BCUT2D eigenvalue weighted by atomic mass is 15.2. The molecule has 2 heteroatoms. The van der Waals surface area contributed by atoms with Crippen LogP contribution >= 0.6 is 0 Å². The van der Waals surface area contributed by atoms with Crippen LogP contribution in [0.2, 0.25) is 0 Å². The van der Waals surface area contributed by atoms with Crippen LogP contribution in [-0.2, 0) is 6.42 Å². The maximum atomic E-state index is 5.43. The number of para-hydroxylation sites is 1. The van der Waals surface area contributed by atoms with Crippen molar-refractivity contribution in [2.24, 2.45) is 10.4 Å². The van der Waals surface area contributed by atoms with Crippen molar-refractivity contribution in [3.63, 3.8) is 0 Å². The number of hydrogen-bond donors (Lipinski definition) is 0. The van der Waals surface area contributed by atoms with E-state index < -0.39 is 0 Å². The molecule has 0 spiro atoms. The van der Waals surface area contributed by atoms with Crippen LogP contribution in [0.25, 0.3) is 17.2 Å². The van der Waals surface area contributed by atoms with Gasteiger partial charge in [0.1, 0.15) is 0 Å². The average molecular weight is 773 g/mol. The standard InChI is InChI=1S/C57H60N2/c1-9-11-13-27-52-56(49-24-15-14-22-45(49)32-33-47(34-35-58-52)57(6,7)8)55-50-25-16-17-28-53(50)59(54-29-19-26-51(54)55)48-38-43(36-40(3)20-12-10-2)37-46(39-48)44-23-18-21-41(4)42(5)30-31-44/h9-25,27-29,32-34,37-39,44H,5,26,30-31,35-36H2,1-4,6-8H3/b11-9-,12-10-,23-18-,27-13-,33-32-,40-20+,41-21+,47-34+,56-55-,58-52+. The normalized spacial score (nSPS) is 23.9. The molecule has 0 bridgehead atoms. The Labute approximate surface area is 354 Å². The van der Waals surface area contributed by atoms with Crippen molar-refractivity contribution in [3.05, 3.63) is 220 Å². The molecular formula is C57H60N2. The zero-order valence-electron chi connectivity index (χ0n) is 36.2. The minimum absolute atomic E-state index is 0.00140. The van der Waals surface area contributed by atoms with E-state index in [0.29, 0.717) is 6.54 Å². The summed E-state index contributed by atoms with van der Waals surface area (Å²) in [7, 11) is 0. The molecule has 0 saturated carbocycles. The van der Waals surface area contributed by atoms with Crippen LogP contribution in [0.5, 0.6) is 0 Å². The van der Waals surface area contributed by atoms with Crippen molar-refractivity contribution in [2.45, 2.75) is 80.1 Å². The van der Waals surface area contributed by atoms with Crippen molar-refractivity contribution >= 4 is 34.3 Å². The second kappa shape index (κ2) is 18.3. The topological polar surface area (TPSA) is 15.6 Å². The van der Waals surface area contributed by atoms with E-state index in [1.54, 1.807) is 0 Å². The van der Waals surface area contributed by atoms with E-state index in [9.17, 15) is 0 Å². The van der Waals surface area contributed by atoms with Crippen molar-refractivity contribution < 1.29 is 0 Å². The average Bonchev–Trinajstić information content (AvgIpc) is 3.70. The van der Waals surface area contributed by atoms with Crippen LogP contribution in [0.15, 0.2) is 197 Å². The van der Waals surface area contributed by atoms with E-state index in [2.05, 4.69) is 218 Å². The summed E-state index contributed by atoms with van der Waals surface area (Å²) >= 11 is 0. The van der Waals surface area contributed by atoms with Crippen LogP contribution < -0.4 is 4.90 Å². The first-order valence-corrected chi connectivity index (χ1v) is 21.4. The van der Waals surface area contributed by atoms with Crippen molar-refractivity contribution in [1.82, 2.24) is 0 Å². The molecule has 2 heterocycles. The molecule has 4 aliphatic rings. The zero-order valence-corrected chi connectivity index (χ0v) is 36.2. The maximum absolute atomic E-state index is 5.43. The summed E-state index contributed by atoms with van der Waals surface area (Å²) in [6, 6.07) is 25.2. The number of rotatable bonds is 7. The molecule has 0 saturated heterocycles. The smallest absolute Gasteiger partial charge is 0.0663 e. The molecule has 1 atom stereocenters. The molecule has 0 radical (unpaired) electrons. The number of fused-ring (bicyclic) bond motifs is 2. The predicted molar refractivity (Wildman–Crippen MR) is 258 cm³/mol. The van der Waals surface area contributed by atoms with Gasteiger partial charge in [0.2, 0.25) is 0 Å². The molecule has 2 aliphatic heterocycles. The number of hydrogen-bond acceptors (Lipinski definition) is 2. The summed E-state index contributed by atoms with van der Waals surface area (Å²) in [5.41, 5.74) is 19.7. The first-order chi connectivity index (χ1) is 28.6. The van der Waals surface area contributed by atoms with Gasteiger partial charge in [0.15, 0.2) is 0 Å². The van der Waals surface area contributed by atoms with Gasteiger partial charge in [0.25, 0.3) is 0 Å². The quantitative estimate of drug-likeness (QED) is 0.218. The molecule has 0 N–H and O–H groups in total. The second-order valence-corrected chi connectivity index (χ2v) is 17.1. The second-order valence-electron chi connectivity index (χ2n) is 17.1. The van der Waals surface area contributed by atoms with E-state index in [1.807, 2.05) is 0 Å². The highest BCUT2D eigenvalue weighted by Gasteiger charge is 2.34. The molecular weight excluding hydrogens is 713 g/mol. The van der Waals surface area contributed by atoms with Crippen molar-refractivity contribution in [3.8, 4) is 0 Å². The Morgan fingerprint density at radius 2 is 1.68 bits per heavy atom. The fourth-order valence-electron chi connectivity index (χ4n) is 8.60. The Kier molecular flexibility index (Phi) is 12.8. The number of allylic oxidation sites excluding steroid dienone is 20. The molecule has 59 heavy (non-hydrogen) atoms.